The largest absolute Gasteiger partial charge is 0.496 e. The highest BCUT2D eigenvalue weighted by Gasteiger charge is 2.12. The average Bonchev–Trinajstić information content (AvgIpc) is 3.24. The van der Waals surface area contributed by atoms with Gasteiger partial charge in [0.2, 0.25) is 0 Å². The molecule has 5 heteroatoms. The lowest BCUT2D eigenvalue weighted by molar-refractivity contribution is 0.0950. The van der Waals surface area contributed by atoms with E-state index < -0.39 is 0 Å². The molecule has 1 aromatic heterocycles. The molecule has 2 aromatic carbocycles. The Labute approximate surface area is 211 Å². The fourth-order valence-corrected chi connectivity index (χ4v) is 4.70. The molecule has 1 amide bonds. The lowest BCUT2D eigenvalue weighted by atomic mass is 10.1. The first-order valence-corrected chi connectivity index (χ1v) is 13.6. The van der Waals surface area contributed by atoms with Crippen LogP contribution < -0.4 is 10.1 Å². The first-order chi connectivity index (χ1) is 17.2. The molecule has 35 heavy (non-hydrogen) atoms. The summed E-state index contributed by atoms with van der Waals surface area (Å²) in [7, 11) is 1.59. The van der Waals surface area contributed by atoms with Gasteiger partial charge in [-0.15, -0.1) is 0 Å². The summed E-state index contributed by atoms with van der Waals surface area (Å²) in [6.07, 6.45) is 15.1. The van der Waals surface area contributed by atoms with Crippen LogP contribution in [0, 0.1) is 0 Å². The number of aryl methyl sites for hydroxylation is 2. The van der Waals surface area contributed by atoms with E-state index in [1.807, 2.05) is 18.2 Å². The summed E-state index contributed by atoms with van der Waals surface area (Å²) in [5.74, 6) is 1.62. The van der Waals surface area contributed by atoms with Crippen molar-refractivity contribution in [1.82, 2.24) is 14.9 Å². The molecular weight excluding hydrogens is 434 g/mol. The number of imidazole rings is 1. The number of fused-ring (bicyclic) bond motifs is 1. The zero-order valence-electron chi connectivity index (χ0n) is 21.7. The van der Waals surface area contributed by atoms with Crippen LogP contribution in [0.4, 0.5) is 0 Å². The number of methoxy groups -OCH3 is 1. The standard InChI is InChI=1S/C30H43N3O2/c1-3-4-5-6-7-8-9-10-11-16-24-33-27-20-14-13-19-26(27)32-29(33)22-17-23-31-30(34)25-18-12-15-21-28(25)35-2/h12-15,18-21H,3-11,16-17,22-24H2,1-2H3,(H,31,34). The van der Waals surface area contributed by atoms with E-state index >= 15 is 0 Å². The molecule has 190 valence electrons. The number of carbonyl (C=O) groups is 1. The van der Waals surface area contributed by atoms with Crippen LogP contribution in [0.5, 0.6) is 5.75 Å². The molecule has 1 N–H and O–H groups in total. The van der Waals surface area contributed by atoms with Crippen LogP contribution in [-0.4, -0.2) is 29.1 Å². The molecule has 0 aliphatic carbocycles. The first kappa shape index (κ1) is 26.8. The maximum absolute atomic E-state index is 12.5. The number of nitrogens with zero attached hydrogens (tertiary/aromatic N) is 2. The predicted molar refractivity (Wildman–Crippen MR) is 145 cm³/mol. The van der Waals surface area contributed by atoms with Gasteiger partial charge in [-0.1, -0.05) is 89.0 Å². The molecule has 3 rings (SSSR count). The van der Waals surface area contributed by atoms with E-state index in [9.17, 15) is 4.79 Å². The number of ether oxygens (including phenoxy) is 1. The average molecular weight is 478 g/mol. The number of para-hydroxylation sites is 3. The summed E-state index contributed by atoms with van der Waals surface area (Å²) < 4.78 is 7.70. The Balaban J connectivity index is 1.44. The summed E-state index contributed by atoms with van der Waals surface area (Å²) in [5, 5.41) is 3.03. The van der Waals surface area contributed by atoms with Gasteiger partial charge in [-0.3, -0.25) is 4.79 Å². The van der Waals surface area contributed by atoms with E-state index in [2.05, 4.69) is 41.1 Å². The van der Waals surface area contributed by atoms with Gasteiger partial charge in [0.1, 0.15) is 11.6 Å². The third kappa shape index (κ3) is 8.41. The van der Waals surface area contributed by atoms with E-state index in [4.69, 9.17) is 9.72 Å². The Bertz CT molecular complexity index is 1030. The predicted octanol–water partition coefficient (Wildman–Crippen LogP) is 7.33. The van der Waals surface area contributed by atoms with E-state index in [-0.39, 0.29) is 5.91 Å². The number of rotatable bonds is 17. The second-order valence-electron chi connectivity index (χ2n) is 9.41. The van der Waals surface area contributed by atoms with Crippen molar-refractivity contribution in [1.29, 1.82) is 0 Å². The molecular formula is C30H43N3O2. The minimum Gasteiger partial charge on any atom is -0.496 e. The second-order valence-corrected chi connectivity index (χ2v) is 9.41. The monoisotopic (exact) mass is 477 g/mol. The maximum atomic E-state index is 12.5. The van der Waals surface area contributed by atoms with Crippen molar-refractivity contribution < 1.29 is 9.53 Å². The van der Waals surface area contributed by atoms with Crippen LogP contribution in [-0.2, 0) is 13.0 Å². The summed E-state index contributed by atoms with van der Waals surface area (Å²) in [4.78, 5) is 17.5. The molecule has 0 saturated heterocycles. The van der Waals surface area contributed by atoms with Crippen LogP contribution in [0.25, 0.3) is 11.0 Å². The number of benzene rings is 2. The quantitative estimate of drug-likeness (QED) is 0.207. The number of nitrogens with one attached hydrogen (secondary N) is 1. The molecule has 0 bridgehead atoms. The summed E-state index contributed by atoms with van der Waals surface area (Å²) in [6.45, 7) is 3.90. The van der Waals surface area contributed by atoms with Crippen LogP contribution in [0.15, 0.2) is 48.5 Å². The van der Waals surface area contributed by atoms with Crippen molar-refractivity contribution >= 4 is 16.9 Å². The van der Waals surface area contributed by atoms with Crippen LogP contribution >= 0.6 is 0 Å². The highest BCUT2D eigenvalue weighted by Crippen LogP contribution is 2.20. The molecule has 0 fully saturated rings. The Morgan fingerprint density at radius 2 is 1.51 bits per heavy atom. The van der Waals surface area contributed by atoms with Crippen LogP contribution in [0.2, 0.25) is 0 Å². The topological polar surface area (TPSA) is 56.2 Å². The maximum Gasteiger partial charge on any atom is 0.255 e. The van der Waals surface area contributed by atoms with Crippen molar-refractivity contribution in [2.24, 2.45) is 0 Å². The van der Waals surface area contributed by atoms with Gasteiger partial charge in [0.05, 0.1) is 23.7 Å². The zero-order valence-corrected chi connectivity index (χ0v) is 21.7. The first-order valence-electron chi connectivity index (χ1n) is 13.6. The smallest absolute Gasteiger partial charge is 0.255 e. The van der Waals surface area contributed by atoms with Crippen molar-refractivity contribution in [2.45, 2.75) is 90.5 Å². The fraction of sp³-hybridized carbons (Fsp3) is 0.533. The normalized spacial score (nSPS) is 11.1. The van der Waals surface area contributed by atoms with E-state index in [1.54, 1.807) is 13.2 Å². The van der Waals surface area contributed by atoms with Gasteiger partial charge in [0, 0.05) is 19.5 Å². The lowest BCUT2D eigenvalue weighted by Gasteiger charge is -2.11. The van der Waals surface area contributed by atoms with Gasteiger partial charge in [-0.2, -0.15) is 0 Å². The minimum absolute atomic E-state index is 0.0960. The van der Waals surface area contributed by atoms with Crippen molar-refractivity contribution in [2.75, 3.05) is 13.7 Å². The molecule has 1 heterocycles. The van der Waals surface area contributed by atoms with Crippen molar-refractivity contribution in [3.63, 3.8) is 0 Å². The van der Waals surface area contributed by atoms with Gasteiger partial charge in [-0.25, -0.2) is 4.98 Å². The van der Waals surface area contributed by atoms with Gasteiger partial charge < -0.3 is 14.6 Å². The highest BCUT2D eigenvalue weighted by molar-refractivity contribution is 5.96. The molecule has 0 unspecified atom stereocenters. The molecule has 0 atom stereocenters. The highest BCUT2D eigenvalue weighted by atomic mass is 16.5. The Kier molecular flexibility index (Phi) is 11.7. The van der Waals surface area contributed by atoms with Gasteiger partial charge in [0.15, 0.2) is 0 Å². The third-order valence-electron chi connectivity index (χ3n) is 6.68. The number of unbranched alkanes of at least 4 members (excludes halogenated alkanes) is 9. The van der Waals surface area contributed by atoms with Crippen LogP contribution in [0.1, 0.15) is 93.7 Å². The SMILES string of the molecule is CCCCCCCCCCCCn1c(CCCNC(=O)c2ccccc2OC)nc2ccccc21. The fourth-order valence-electron chi connectivity index (χ4n) is 4.70. The lowest BCUT2D eigenvalue weighted by Crippen LogP contribution is -2.25. The second kappa shape index (κ2) is 15.2. The Hall–Kier alpha value is -2.82. The van der Waals surface area contributed by atoms with E-state index in [0.29, 0.717) is 17.9 Å². The van der Waals surface area contributed by atoms with Gasteiger partial charge >= 0.3 is 0 Å². The molecule has 0 aliphatic heterocycles. The number of amides is 1. The number of aromatic nitrogens is 2. The molecule has 0 spiro atoms. The molecule has 0 radical (unpaired) electrons. The Morgan fingerprint density at radius 3 is 2.26 bits per heavy atom. The summed E-state index contributed by atoms with van der Waals surface area (Å²) >= 11 is 0. The molecule has 5 nitrogen and oxygen atoms in total. The van der Waals surface area contributed by atoms with E-state index in [1.165, 1.54) is 69.7 Å². The zero-order chi connectivity index (χ0) is 24.7. The number of hydrogen-bond donors (Lipinski definition) is 1. The minimum atomic E-state index is -0.0960. The van der Waals surface area contributed by atoms with Crippen molar-refractivity contribution in [3.8, 4) is 5.75 Å². The number of carbonyl (C=O) groups excluding carboxylic acids is 1. The van der Waals surface area contributed by atoms with E-state index in [0.717, 1.165) is 30.7 Å². The van der Waals surface area contributed by atoms with Crippen molar-refractivity contribution in [3.05, 3.63) is 59.9 Å². The Morgan fingerprint density at radius 1 is 0.857 bits per heavy atom. The summed E-state index contributed by atoms with van der Waals surface area (Å²) in [5.41, 5.74) is 2.85. The molecule has 0 saturated carbocycles. The van der Waals surface area contributed by atoms with Gasteiger partial charge in [-0.05, 0) is 37.1 Å². The van der Waals surface area contributed by atoms with Gasteiger partial charge in [0.25, 0.3) is 5.91 Å². The van der Waals surface area contributed by atoms with Crippen LogP contribution in [0.3, 0.4) is 0 Å². The molecule has 0 aliphatic rings. The molecule has 3 aromatic rings. The number of hydrogen-bond acceptors (Lipinski definition) is 3. The third-order valence-corrected chi connectivity index (χ3v) is 6.68. The summed E-state index contributed by atoms with van der Waals surface area (Å²) in [6, 6.07) is 15.7.